The highest BCUT2D eigenvalue weighted by atomic mass is 79.9. The summed E-state index contributed by atoms with van der Waals surface area (Å²) in [4.78, 5) is 2.56. The van der Waals surface area contributed by atoms with Gasteiger partial charge in [0, 0.05) is 46.8 Å². The van der Waals surface area contributed by atoms with Gasteiger partial charge >= 0.3 is 0 Å². The van der Waals surface area contributed by atoms with Crippen LogP contribution in [0.3, 0.4) is 0 Å². The van der Waals surface area contributed by atoms with Crippen molar-refractivity contribution < 1.29 is 0 Å². The molecule has 0 N–H and O–H groups in total. The van der Waals surface area contributed by atoms with E-state index in [4.69, 9.17) is 0 Å². The van der Waals surface area contributed by atoms with Gasteiger partial charge in [0.1, 0.15) is 0 Å². The maximum atomic E-state index is 3.65. The van der Waals surface area contributed by atoms with E-state index in [1.54, 1.807) is 0 Å². The third-order valence-corrected chi connectivity index (χ3v) is 28.4. The van der Waals surface area contributed by atoms with Crippen LogP contribution in [0, 0.1) is 20.8 Å². The van der Waals surface area contributed by atoms with Crippen molar-refractivity contribution in [1.29, 1.82) is 0 Å². The van der Waals surface area contributed by atoms with Crippen molar-refractivity contribution in [2.75, 3.05) is 4.90 Å². The van der Waals surface area contributed by atoms with Gasteiger partial charge in [0.2, 0.25) is 0 Å². The summed E-state index contributed by atoms with van der Waals surface area (Å²) in [5, 5.41) is 15.9. The van der Waals surface area contributed by atoms with Crippen LogP contribution in [0.1, 0.15) is 178 Å². The third-order valence-electron chi connectivity index (χ3n) is 27.1. The maximum absolute atomic E-state index is 3.65. The van der Waals surface area contributed by atoms with Gasteiger partial charge in [-0.3, -0.25) is 0 Å². The van der Waals surface area contributed by atoms with Crippen LogP contribution in [-0.2, 0) is 38.9 Å². The van der Waals surface area contributed by atoms with Crippen molar-refractivity contribution in [3.63, 3.8) is 0 Å². The van der Waals surface area contributed by atoms with Gasteiger partial charge in [0.05, 0.1) is 17.1 Å². The summed E-state index contributed by atoms with van der Waals surface area (Å²) in [6, 6.07) is 104. The van der Waals surface area contributed by atoms with Gasteiger partial charge < -0.3 is 4.90 Å². The first-order chi connectivity index (χ1) is 53.2. The molecule has 22 rings (SSSR count). The first-order valence-electron chi connectivity index (χ1n) is 39.7. The average molecular weight is 1560 g/mol. The van der Waals surface area contributed by atoms with E-state index in [1.807, 2.05) is 0 Å². The van der Waals surface area contributed by atoms with Crippen molar-refractivity contribution in [2.45, 2.75) is 143 Å². The topological polar surface area (TPSA) is 3.24 Å². The Morgan fingerprint density at radius 1 is 0.261 bits per heavy atom. The van der Waals surface area contributed by atoms with E-state index in [0.717, 1.165) is 15.4 Å². The molecule has 1 aliphatic heterocycles. The van der Waals surface area contributed by atoms with Crippen LogP contribution in [0.25, 0.3) is 98.0 Å². The monoisotopic (exact) mass is 1560 g/mol. The van der Waals surface area contributed by atoms with Crippen LogP contribution in [0.4, 0.5) is 17.1 Å². The lowest BCUT2D eigenvalue weighted by Crippen LogP contribution is -2.31. The second-order valence-corrected chi connectivity index (χ2v) is 37.2. The van der Waals surface area contributed by atoms with E-state index in [1.165, 1.54) is 210 Å². The highest BCUT2D eigenvalue weighted by Gasteiger charge is 2.45. The number of halogens is 2. The number of nitrogens with zero attached hydrogens (tertiary/aromatic N) is 1. The van der Waals surface area contributed by atoms with Crippen molar-refractivity contribution >= 4 is 114 Å². The Bertz CT molecular complexity index is 6670. The standard InChI is InChI=1S/C41H33N.C26H28.C25H24.C16H8Br2/c1-24-14-15-25-17-20-29-35(21-18-26-16-19-27(24)38(25)39(26)29)42-36-13-9-8-12-32(36)41(4,5)34-22-30-28-10-6-7-11-31(28)40(2,3)33(30)23-37(34)42;1-17-11-7-9-13-21(17)25(3,4)23-16-20-19-12-8-10-14-22(19)26(5,6)24(20)15-18(23)2;1-24(2)20-11-7-5-9-16(20)13-17-14-23-19(15-22(17)24)18-10-6-8-12-21(18)25(23,3)4;17-13-8-4-10-2-6-12-14(18)7-3-9-1-5-11(13)16(10)15(9)12/h6-23H,1-5H3;7-16H,1-6H3;5-12,14-15H,13H2,1-4H3;1-8H. The summed E-state index contributed by atoms with van der Waals surface area (Å²) in [6.07, 6.45) is 1.05. The number of hydrogen-bond acceptors (Lipinski definition) is 1. The molecule has 0 saturated heterocycles. The minimum atomic E-state index is -0.139. The quantitative estimate of drug-likeness (QED) is 0.159. The number of benzene rings is 17. The van der Waals surface area contributed by atoms with Gasteiger partial charge in [-0.25, -0.2) is 0 Å². The zero-order valence-electron chi connectivity index (χ0n) is 66.5. The second kappa shape index (κ2) is 25.3. The summed E-state index contributed by atoms with van der Waals surface area (Å²) in [6.45, 7) is 35.2. The smallest absolute Gasteiger partial charge is 0.0540 e. The van der Waals surface area contributed by atoms with Crippen LogP contribution >= 0.6 is 31.9 Å². The molecule has 3 heteroatoms. The predicted octanol–water partition coefficient (Wildman–Crippen LogP) is 30.6. The molecule has 17 aromatic carbocycles. The molecule has 0 bridgehead atoms. The Kier molecular flexibility index (Phi) is 16.2. The summed E-state index contributed by atoms with van der Waals surface area (Å²) < 4.78 is 2.31. The van der Waals surface area contributed by atoms with Crippen molar-refractivity contribution in [3.05, 3.63) is 383 Å². The fourth-order valence-corrected chi connectivity index (χ4v) is 22.0. The molecule has 17 aromatic rings. The number of para-hydroxylation sites is 1. The Labute approximate surface area is 672 Å². The van der Waals surface area contributed by atoms with E-state index >= 15 is 0 Å². The summed E-state index contributed by atoms with van der Waals surface area (Å²) >= 11 is 7.30. The van der Waals surface area contributed by atoms with Crippen LogP contribution < -0.4 is 4.90 Å². The lowest BCUT2D eigenvalue weighted by atomic mass is 9.67. The fourth-order valence-electron chi connectivity index (χ4n) is 21.1. The second-order valence-electron chi connectivity index (χ2n) is 35.5. The van der Waals surface area contributed by atoms with Crippen molar-refractivity contribution in [3.8, 4) is 33.4 Å². The molecule has 1 nitrogen and oxygen atoms in total. The summed E-state index contributed by atoms with van der Waals surface area (Å²) in [5.74, 6) is 0. The van der Waals surface area contributed by atoms with Gasteiger partial charge in [-0.05, 0) is 263 Å². The molecule has 4 aliphatic carbocycles. The fraction of sp³-hybridized carbons (Fsp3) is 0.204. The van der Waals surface area contributed by atoms with Crippen LogP contribution in [-0.4, -0.2) is 0 Å². The van der Waals surface area contributed by atoms with E-state index in [-0.39, 0.29) is 32.5 Å². The zero-order valence-corrected chi connectivity index (χ0v) is 69.6. The summed E-state index contributed by atoms with van der Waals surface area (Å²) in [7, 11) is 0. The molecule has 1 heterocycles. The van der Waals surface area contributed by atoms with Crippen molar-refractivity contribution in [2.24, 2.45) is 0 Å². The Morgan fingerprint density at radius 2 is 0.667 bits per heavy atom. The molecule has 0 saturated carbocycles. The number of aryl methyl sites for hydroxylation is 3. The lowest BCUT2D eigenvalue weighted by molar-refractivity contribution is 0.606. The minimum Gasteiger partial charge on any atom is -0.309 e. The Hall–Kier alpha value is -10.4. The molecule has 0 spiro atoms. The van der Waals surface area contributed by atoms with E-state index in [0.29, 0.717) is 0 Å². The predicted molar refractivity (Wildman–Crippen MR) is 482 cm³/mol. The number of fused-ring (bicyclic) bond motifs is 13. The Morgan fingerprint density at radius 3 is 1.24 bits per heavy atom. The largest absolute Gasteiger partial charge is 0.309 e. The highest BCUT2D eigenvalue weighted by molar-refractivity contribution is 9.11. The third kappa shape index (κ3) is 10.6. The van der Waals surface area contributed by atoms with Crippen LogP contribution in [0.15, 0.2) is 288 Å². The first kappa shape index (κ1) is 70.9. The van der Waals surface area contributed by atoms with Gasteiger partial charge in [-0.15, -0.1) is 0 Å². The molecule has 0 fully saturated rings. The molecule has 544 valence electrons. The Balaban J connectivity index is 0.000000105. The molecular weight excluding hydrogens is 1470 g/mol. The molecule has 0 aromatic heterocycles. The molecule has 0 radical (unpaired) electrons. The highest BCUT2D eigenvalue weighted by Crippen LogP contribution is 2.60. The molecule has 0 unspecified atom stereocenters. The molecule has 111 heavy (non-hydrogen) atoms. The number of hydrogen-bond donors (Lipinski definition) is 0. The molecule has 0 atom stereocenters. The number of anilines is 3. The van der Waals surface area contributed by atoms with Gasteiger partial charge in [-0.1, -0.05) is 345 Å². The summed E-state index contributed by atoms with van der Waals surface area (Å²) in [5.41, 5.74) is 36.5. The normalized spacial score (nSPS) is 15.6. The molecule has 5 aliphatic rings. The van der Waals surface area contributed by atoms with Crippen molar-refractivity contribution in [1.82, 2.24) is 0 Å². The van der Waals surface area contributed by atoms with Gasteiger partial charge in [-0.2, -0.15) is 0 Å². The maximum Gasteiger partial charge on any atom is 0.0540 e. The number of rotatable bonds is 3. The van der Waals surface area contributed by atoms with E-state index < -0.39 is 0 Å². The SMILES string of the molecule is Brc1ccc2ccc3c(Br)ccc4ccc1c2c43.CC1(C)c2ccccc2Cc2cc3c(cc21)-c1ccccc1C3(C)C.Cc1ccc2ccc3c(N4c5ccccc5C(C)(C)c5cc6c(cc54)C(C)(C)c4ccccc4-6)ccc4ccc1c2c43.Cc1ccccc1C(C)(C)c1cc2c(cc1C)C(C)(C)c1ccccc1-2. The van der Waals surface area contributed by atoms with Crippen LogP contribution in [0.5, 0.6) is 0 Å². The molecule has 0 amide bonds. The van der Waals surface area contributed by atoms with E-state index in [9.17, 15) is 0 Å². The van der Waals surface area contributed by atoms with Gasteiger partial charge in [0.25, 0.3) is 0 Å². The lowest BCUT2D eigenvalue weighted by Gasteiger charge is -2.43. The zero-order chi connectivity index (χ0) is 76.9. The van der Waals surface area contributed by atoms with E-state index in [2.05, 4.69) is 420 Å². The van der Waals surface area contributed by atoms with Gasteiger partial charge in [0.15, 0.2) is 0 Å². The molecular formula is C108H93Br2N. The first-order valence-corrected chi connectivity index (χ1v) is 41.3. The van der Waals surface area contributed by atoms with Crippen LogP contribution in [0.2, 0.25) is 0 Å². The average Bonchev–Trinajstić information content (AvgIpc) is 1.61. The minimum absolute atomic E-state index is 0.0217.